The third-order valence-electron chi connectivity index (χ3n) is 4.44. The molecule has 7 nitrogen and oxygen atoms in total. The normalized spacial score (nSPS) is 15.0. The first-order valence-electron chi connectivity index (χ1n) is 9.27. The molecule has 0 radical (unpaired) electrons. The number of amides is 3. The number of imide groups is 1. The highest BCUT2D eigenvalue weighted by atomic mass is 32.2. The van der Waals surface area contributed by atoms with E-state index in [2.05, 4.69) is 5.32 Å². The molecule has 0 aromatic heterocycles. The van der Waals surface area contributed by atoms with Gasteiger partial charge in [0.15, 0.2) is 0 Å². The third-order valence-corrected chi connectivity index (χ3v) is 5.34. The van der Waals surface area contributed by atoms with Gasteiger partial charge in [0, 0.05) is 25.8 Å². The first-order chi connectivity index (χ1) is 14.5. The highest BCUT2D eigenvalue weighted by Crippen LogP contribution is 2.32. The second-order valence-electron chi connectivity index (χ2n) is 6.49. The van der Waals surface area contributed by atoms with Crippen molar-refractivity contribution in [2.24, 2.45) is 0 Å². The number of rotatable bonds is 8. The van der Waals surface area contributed by atoms with Gasteiger partial charge in [-0.05, 0) is 53.2 Å². The van der Waals surface area contributed by atoms with Gasteiger partial charge in [0.05, 0.1) is 18.6 Å². The third kappa shape index (κ3) is 5.28. The Morgan fingerprint density at radius 2 is 1.77 bits per heavy atom. The van der Waals surface area contributed by atoms with Gasteiger partial charge in [-0.15, -0.1) is 0 Å². The lowest BCUT2D eigenvalue weighted by atomic mass is 10.1. The molecule has 30 heavy (non-hydrogen) atoms. The summed E-state index contributed by atoms with van der Waals surface area (Å²) in [6.07, 6.45) is 1.67. The van der Waals surface area contributed by atoms with E-state index in [0.717, 1.165) is 27.8 Å². The molecule has 0 saturated carbocycles. The number of nitrogens with zero attached hydrogens (tertiary/aromatic N) is 1. The Hall–Kier alpha value is -3.10. The Morgan fingerprint density at radius 1 is 1.07 bits per heavy atom. The molecule has 2 aromatic carbocycles. The van der Waals surface area contributed by atoms with Crippen LogP contribution in [0.15, 0.2) is 53.4 Å². The lowest BCUT2D eigenvalue weighted by molar-refractivity contribution is -0.122. The molecule has 1 aliphatic rings. The molecule has 0 bridgehead atoms. The largest absolute Gasteiger partial charge is 0.497 e. The van der Waals surface area contributed by atoms with Crippen LogP contribution in [0.3, 0.4) is 0 Å². The topological polar surface area (TPSA) is 84.9 Å². The molecule has 1 saturated heterocycles. The van der Waals surface area contributed by atoms with E-state index in [1.54, 1.807) is 44.6 Å². The zero-order valence-electron chi connectivity index (χ0n) is 16.7. The van der Waals surface area contributed by atoms with Gasteiger partial charge in [-0.25, -0.2) is 0 Å². The Morgan fingerprint density at radius 3 is 2.40 bits per heavy atom. The van der Waals surface area contributed by atoms with E-state index < -0.39 is 0 Å². The average molecular weight is 426 g/mol. The maximum absolute atomic E-state index is 12.6. The van der Waals surface area contributed by atoms with Crippen LogP contribution in [0.5, 0.6) is 5.75 Å². The van der Waals surface area contributed by atoms with E-state index >= 15 is 0 Å². The highest BCUT2D eigenvalue weighted by molar-refractivity contribution is 8.18. The lowest BCUT2D eigenvalue weighted by Crippen LogP contribution is -2.37. The van der Waals surface area contributed by atoms with Gasteiger partial charge in [0.1, 0.15) is 5.75 Å². The van der Waals surface area contributed by atoms with Crippen molar-refractivity contribution in [2.45, 2.75) is 6.61 Å². The van der Waals surface area contributed by atoms with Crippen LogP contribution in [-0.2, 0) is 16.1 Å². The number of benzene rings is 2. The lowest BCUT2D eigenvalue weighted by Gasteiger charge is -2.13. The molecule has 3 rings (SSSR count). The van der Waals surface area contributed by atoms with Crippen molar-refractivity contribution in [3.63, 3.8) is 0 Å². The molecular weight excluding hydrogens is 404 g/mol. The molecule has 0 aliphatic carbocycles. The minimum atomic E-state index is -0.362. The highest BCUT2D eigenvalue weighted by Gasteiger charge is 2.34. The molecule has 0 atom stereocenters. The van der Waals surface area contributed by atoms with Crippen molar-refractivity contribution >= 4 is 34.9 Å². The summed E-state index contributed by atoms with van der Waals surface area (Å²) < 4.78 is 10.2. The summed E-state index contributed by atoms with van der Waals surface area (Å²) in [5.74, 6) is 0.0861. The standard InChI is InChI=1S/C22H22N2O5S/c1-28-14-16-3-7-17(8-4-16)20(25)23-11-12-24-21(26)19(30-22(24)27)13-15-5-9-18(29-2)10-6-15/h3-10,13H,11-12,14H2,1-2H3,(H,23,25)/b19-13-. The van der Waals surface area contributed by atoms with Gasteiger partial charge in [-0.3, -0.25) is 19.3 Å². The van der Waals surface area contributed by atoms with Gasteiger partial charge in [0.2, 0.25) is 0 Å². The van der Waals surface area contributed by atoms with E-state index in [4.69, 9.17) is 9.47 Å². The number of carbonyl (C=O) groups excluding carboxylic acids is 3. The van der Waals surface area contributed by atoms with E-state index in [-0.39, 0.29) is 30.1 Å². The van der Waals surface area contributed by atoms with Crippen molar-refractivity contribution < 1.29 is 23.9 Å². The first kappa shape index (κ1) is 21.6. The fourth-order valence-electron chi connectivity index (χ4n) is 2.85. The van der Waals surface area contributed by atoms with E-state index in [1.807, 2.05) is 24.3 Å². The number of methoxy groups -OCH3 is 2. The molecule has 0 spiro atoms. The molecule has 3 amide bonds. The van der Waals surface area contributed by atoms with Gasteiger partial charge >= 0.3 is 0 Å². The minimum Gasteiger partial charge on any atom is -0.497 e. The molecule has 1 heterocycles. The van der Waals surface area contributed by atoms with Crippen molar-refractivity contribution in [1.82, 2.24) is 10.2 Å². The number of thioether (sulfide) groups is 1. The summed E-state index contributed by atoms with van der Waals surface area (Å²) in [7, 11) is 3.19. The SMILES string of the molecule is COCc1ccc(C(=O)NCCN2C(=O)S/C(=C\c3ccc(OC)cc3)C2=O)cc1. The van der Waals surface area contributed by atoms with Crippen LogP contribution in [0.4, 0.5) is 4.79 Å². The van der Waals surface area contributed by atoms with Gasteiger partial charge in [0.25, 0.3) is 17.1 Å². The predicted octanol–water partition coefficient (Wildman–Crippen LogP) is 3.31. The smallest absolute Gasteiger partial charge is 0.293 e. The average Bonchev–Trinajstić information content (AvgIpc) is 3.02. The second-order valence-corrected chi connectivity index (χ2v) is 7.49. The molecule has 156 valence electrons. The second kappa shape index (κ2) is 10.1. The summed E-state index contributed by atoms with van der Waals surface area (Å²) in [6.45, 7) is 0.760. The molecule has 1 N–H and O–H groups in total. The van der Waals surface area contributed by atoms with Crippen LogP contribution in [0.2, 0.25) is 0 Å². The van der Waals surface area contributed by atoms with Crippen molar-refractivity contribution in [3.05, 3.63) is 70.1 Å². The van der Waals surface area contributed by atoms with Crippen LogP contribution in [0.25, 0.3) is 6.08 Å². The van der Waals surface area contributed by atoms with Crippen molar-refractivity contribution in [3.8, 4) is 5.75 Å². The molecular formula is C22H22N2O5S. The monoisotopic (exact) mass is 426 g/mol. The van der Waals surface area contributed by atoms with Crippen molar-refractivity contribution in [2.75, 3.05) is 27.3 Å². The van der Waals surface area contributed by atoms with Gasteiger partial charge in [-0.2, -0.15) is 0 Å². The van der Waals surface area contributed by atoms with Crippen molar-refractivity contribution in [1.29, 1.82) is 0 Å². The van der Waals surface area contributed by atoms with Gasteiger partial charge < -0.3 is 14.8 Å². The maximum Gasteiger partial charge on any atom is 0.293 e. The number of nitrogens with one attached hydrogen (secondary N) is 1. The zero-order valence-corrected chi connectivity index (χ0v) is 17.5. The van der Waals surface area contributed by atoms with Crippen LogP contribution in [-0.4, -0.2) is 49.3 Å². The minimum absolute atomic E-state index is 0.109. The van der Waals surface area contributed by atoms with Crippen LogP contribution < -0.4 is 10.1 Å². The van der Waals surface area contributed by atoms with Crippen LogP contribution in [0, 0.1) is 0 Å². The summed E-state index contributed by atoms with van der Waals surface area (Å²) in [4.78, 5) is 38.5. The Bertz CT molecular complexity index is 954. The summed E-state index contributed by atoms with van der Waals surface area (Å²) in [5, 5.41) is 2.39. The fraction of sp³-hybridized carbons (Fsp3) is 0.227. The fourth-order valence-corrected chi connectivity index (χ4v) is 3.71. The zero-order chi connectivity index (χ0) is 21.5. The number of carbonyl (C=O) groups is 3. The van der Waals surface area contributed by atoms with E-state index in [0.29, 0.717) is 22.8 Å². The maximum atomic E-state index is 12.6. The Balaban J connectivity index is 1.55. The summed E-state index contributed by atoms with van der Waals surface area (Å²) in [5.41, 5.74) is 2.27. The van der Waals surface area contributed by atoms with Crippen LogP contribution in [0.1, 0.15) is 21.5 Å². The number of ether oxygens (including phenoxy) is 2. The van der Waals surface area contributed by atoms with E-state index in [9.17, 15) is 14.4 Å². The molecule has 1 fully saturated rings. The Kier molecular flexibility index (Phi) is 7.26. The van der Waals surface area contributed by atoms with Gasteiger partial charge in [-0.1, -0.05) is 24.3 Å². The summed E-state index contributed by atoms with van der Waals surface area (Å²) >= 11 is 0.891. The molecule has 1 aliphatic heterocycles. The van der Waals surface area contributed by atoms with Crippen LogP contribution >= 0.6 is 11.8 Å². The number of hydrogen-bond donors (Lipinski definition) is 1. The van der Waals surface area contributed by atoms with E-state index in [1.165, 1.54) is 0 Å². The summed E-state index contributed by atoms with van der Waals surface area (Å²) in [6, 6.07) is 14.2. The quantitative estimate of drug-likeness (QED) is 0.652. The molecule has 0 unspecified atom stereocenters. The predicted molar refractivity (Wildman–Crippen MR) is 115 cm³/mol. The first-order valence-corrected chi connectivity index (χ1v) is 10.1. The number of hydrogen-bond acceptors (Lipinski definition) is 6. The molecule has 2 aromatic rings. The Labute approximate surface area is 179 Å². The molecule has 8 heteroatoms.